The molecule has 8 heteroatoms. The Kier molecular flexibility index (Phi) is 9.76. The van der Waals surface area contributed by atoms with Crippen molar-refractivity contribution in [3.05, 3.63) is 95.1 Å². The Bertz CT molecular complexity index is 1200. The summed E-state index contributed by atoms with van der Waals surface area (Å²) < 4.78 is 0. The van der Waals surface area contributed by atoms with Crippen molar-refractivity contribution in [1.29, 1.82) is 0 Å². The van der Waals surface area contributed by atoms with E-state index < -0.39 is 0 Å². The summed E-state index contributed by atoms with van der Waals surface area (Å²) in [7, 11) is 6.90. The van der Waals surface area contributed by atoms with E-state index in [2.05, 4.69) is 10.6 Å². The van der Waals surface area contributed by atoms with Gasteiger partial charge in [0.05, 0.1) is 0 Å². The SMILES string of the molecule is CN(C)C(=O)CCc1cccc(NC(=O)c2ccc(C(=O)Nc3cccc(CCC(=O)N(C)C)c3)cc2)c1. The number of amides is 4. The molecule has 8 nitrogen and oxygen atoms in total. The van der Waals surface area contributed by atoms with Crippen molar-refractivity contribution in [3.63, 3.8) is 0 Å². The van der Waals surface area contributed by atoms with Crippen LogP contribution in [0, 0.1) is 0 Å². The Morgan fingerprint density at radius 3 is 1.29 bits per heavy atom. The first-order valence-corrected chi connectivity index (χ1v) is 12.4. The number of benzene rings is 3. The first-order valence-electron chi connectivity index (χ1n) is 12.4. The molecule has 0 aromatic heterocycles. The second-order valence-corrected chi connectivity index (χ2v) is 9.46. The minimum atomic E-state index is -0.293. The van der Waals surface area contributed by atoms with Gasteiger partial charge in [-0.2, -0.15) is 0 Å². The smallest absolute Gasteiger partial charge is 0.255 e. The van der Waals surface area contributed by atoms with Crippen LogP contribution in [0.3, 0.4) is 0 Å². The molecule has 3 rings (SSSR count). The summed E-state index contributed by atoms with van der Waals surface area (Å²) in [5, 5.41) is 5.74. The zero-order chi connectivity index (χ0) is 27.7. The number of rotatable bonds is 10. The average molecular weight is 515 g/mol. The largest absolute Gasteiger partial charge is 0.349 e. The molecule has 38 heavy (non-hydrogen) atoms. The number of carbonyl (C=O) groups excluding carboxylic acids is 4. The molecule has 4 amide bonds. The van der Waals surface area contributed by atoms with Crippen molar-refractivity contribution in [2.24, 2.45) is 0 Å². The molecule has 0 aliphatic heterocycles. The average Bonchev–Trinajstić information content (AvgIpc) is 2.90. The number of anilines is 2. The Morgan fingerprint density at radius 2 is 0.947 bits per heavy atom. The molecule has 0 fully saturated rings. The molecular weight excluding hydrogens is 480 g/mol. The van der Waals surface area contributed by atoms with Gasteiger partial charge in [-0.1, -0.05) is 24.3 Å². The molecule has 3 aromatic carbocycles. The second-order valence-electron chi connectivity index (χ2n) is 9.46. The molecule has 0 aliphatic rings. The fourth-order valence-electron chi connectivity index (χ4n) is 3.74. The van der Waals surface area contributed by atoms with Crippen LogP contribution in [0.15, 0.2) is 72.8 Å². The molecule has 0 saturated heterocycles. The van der Waals surface area contributed by atoms with Crippen LogP contribution in [0.1, 0.15) is 44.7 Å². The zero-order valence-electron chi connectivity index (χ0n) is 22.3. The van der Waals surface area contributed by atoms with Gasteiger partial charge in [-0.05, 0) is 72.5 Å². The van der Waals surface area contributed by atoms with Crippen molar-refractivity contribution in [2.45, 2.75) is 25.7 Å². The van der Waals surface area contributed by atoms with Crippen LogP contribution >= 0.6 is 0 Å². The van der Waals surface area contributed by atoms with Crippen molar-refractivity contribution in [1.82, 2.24) is 9.80 Å². The van der Waals surface area contributed by atoms with E-state index in [1.165, 1.54) is 0 Å². The third-order valence-electron chi connectivity index (χ3n) is 6.03. The molecule has 0 atom stereocenters. The number of hydrogen-bond donors (Lipinski definition) is 2. The minimum absolute atomic E-state index is 0.0489. The minimum Gasteiger partial charge on any atom is -0.349 e. The molecule has 2 N–H and O–H groups in total. The molecule has 3 aromatic rings. The van der Waals surface area contributed by atoms with Gasteiger partial charge in [-0.25, -0.2) is 0 Å². The summed E-state index contributed by atoms with van der Waals surface area (Å²) >= 11 is 0. The van der Waals surface area contributed by atoms with E-state index >= 15 is 0 Å². The highest BCUT2D eigenvalue weighted by Crippen LogP contribution is 2.17. The van der Waals surface area contributed by atoms with E-state index in [0.29, 0.717) is 48.2 Å². The van der Waals surface area contributed by atoms with E-state index in [1.54, 1.807) is 74.4 Å². The van der Waals surface area contributed by atoms with E-state index in [-0.39, 0.29) is 23.6 Å². The van der Waals surface area contributed by atoms with E-state index in [4.69, 9.17) is 0 Å². The van der Waals surface area contributed by atoms with Crippen molar-refractivity contribution < 1.29 is 19.2 Å². The first kappa shape index (κ1) is 28.1. The van der Waals surface area contributed by atoms with E-state index in [9.17, 15) is 19.2 Å². The van der Waals surface area contributed by atoms with E-state index in [0.717, 1.165) is 11.1 Å². The third-order valence-corrected chi connectivity index (χ3v) is 6.03. The summed E-state index contributed by atoms with van der Waals surface area (Å²) in [4.78, 5) is 52.3. The monoisotopic (exact) mass is 514 g/mol. The van der Waals surface area contributed by atoms with Crippen LogP contribution in [0.25, 0.3) is 0 Å². The van der Waals surface area contributed by atoms with Gasteiger partial charge in [-0.3, -0.25) is 19.2 Å². The van der Waals surface area contributed by atoms with Crippen molar-refractivity contribution >= 4 is 35.0 Å². The molecule has 0 saturated carbocycles. The number of aryl methyl sites for hydroxylation is 2. The van der Waals surface area contributed by atoms with Gasteiger partial charge in [0, 0.05) is 63.5 Å². The highest BCUT2D eigenvalue weighted by Gasteiger charge is 2.12. The van der Waals surface area contributed by atoms with Gasteiger partial charge in [0.1, 0.15) is 0 Å². The lowest BCUT2D eigenvalue weighted by atomic mass is 10.1. The Morgan fingerprint density at radius 1 is 0.579 bits per heavy atom. The standard InChI is InChI=1S/C30H34N4O4/c1-33(2)27(35)17-11-21-7-5-9-25(19-21)31-29(37)23-13-15-24(16-14-23)30(38)32-26-10-6-8-22(20-26)12-18-28(36)34(3)4/h5-10,13-16,19-20H,11-12,17-18H2,1-4H3,(H,31,37)(H,32,38). The summed E-state index contributed by atoms with van der Waals surface area (Å²) in [5.41, 5.74) is 4.03. The lowest BCUT2D eigenvalue weighted by Crippen LogP contribution is -2.21. The van der Waals surface area contributed by atoms with Gasteiger partial charge in [0.25, 0.3) is 11.8 Å². The van der Waals surface area contributed by atoms with Crippen LogP contribution in [-0.4, -0.2) is 61.6 Å². The zero-order valence-corrected chi connectivity index (χ0v) is 22.3. The maximum absolute atomic E-state index is 12.7. The quantitative estimate of drug-likeness (QED) is 0.423. The lowest BCUT2D eigenvalue weighted by molar-refractivity contribution is -0.129. The Balaban J connectivity index is 1.57. The van der Waals surface area contributed by atoms with Gasteiger partial charge in [0.2, 0.25) is 11.8 Å². The highest BCUT2D eigenvalue weighted by atomic mass is 16.2. The molecule has 0 heterocycles. The summed E-state index contributed by atoms with van der Waals surface area (Å²) in [5.74, 6) is -0.488. The van der Waals surface area contributed by atoms with Crippen molar-refractivity contribution in [3.8, 4) is 0 Å². The number of nitrogens with zero attached hydrogens (tertiary/aromatic N) is 2. The van der Waals surface area contributed by atoms with Crippen molar-refractivity contribution in [2.75, 3.05) is 38.8 Å². The van der Waals surface area contributed by atoms with Gasteiger partial charge in [0.15, 0.2) is 0 Å². The Labute approximate surface area is 223 Å². The number of nitrogens with one attached hydrogen (secondary N) is 2. The lowest BCUT2D eigenvalue weighted by Gasteiger charge is -2.11. The van der Waals surface area contributed by atoms with Gasteiger partial charge < -0.3 is 20.4 Å². The van der Waals surface area contributed by atoms with Crippen LogP contribution in [0.4, 0.5) is 11.4 Å². The fraction of sp³-hybridized carbons (Fsp3) is 0.267. The molecule has 0 bridgehead atoms. The Hall–Kier alpha value is -4.46. The molecule has 0 spiro atoms. The molecule has 198 valence electrons. The highest BCUT2D eigenvalue weighted by molar-refractivity contribution is 6.07. The third kappa shape index (κ3) is 8.30. The van der Waals surface area contributed by atoms with Crippen LogP contribution in [0.2, 0.25) is 0 Å². The number of hydrogen-bond acceptors (Lipinski definition) is 4. The van der Waals surface area contributed by atoms with E-state index in [1.807, 2.05) is 36.4 Å². The number of carbonyl (C=O) groups is 4. The predicted molar refractivity (Wildman–Crippen MR) is 149 cm³/mol. The molecule has 0 aliphatic carbocycles. The fourth-order valence-corrected chi connectivity index (χ4v) is 3.74. The van der Waals surface area contributed by atoms with Crippen LogP contribution in [0.5, 0.6) is 0 Å². The summed E-state index contributed by atoms with van der Waals surface area (Å²) in [6.07, 6.45) is 1.96. The van der Waals surface area contributed by atoms with Crippen LogP contribution < -0.4 is 10.6 Å². The van der Waals surface area contributed by atoms with Crippen LogP contribution in [-0.2, 0) is 22.4 Å². The molecular formula is C30H34N4O4. The molecule has 0 unspecified atom stereocenters. The maximum atomic E-state index is 12.7. The summed E-state index contributed by atoms with van der Waals surface area (Å²) in [6.45, 7) is 0. The normalized spacial score (nSPS) is 10.4. The summed E-state index contributed by atoms with van der Waals surface area (Å²) in [6, 6.07) is 21.2. The topological polar surface area (TPSA) is 98.8 Å². The van der Waals surface area contributed by atoms with Gasteiger partial charge >= 0.3 is 0 Å². The maximum Gasteiger partial charge on any atom is 0.255 e. The predicted octanol–water partition coefficient (Wildman–Crippen LogP) is 4.23. The molecule has 0 radical (unpaired) electrons. The van der Waals surface area contributed by atoms with Gasteiger partial charge in [-0.15, -0.1) is 0 Å². The second kappa shape index (κ2) is 13.2. The first-order chi connectivity index (χ1) is 18.1.